The topological polar surface area (TPSA) is 42.2 Å². The van der Waals surface area contributed by atoms with Crippen LogP contribution in [0, 0.1) is 6.92 Å². The molecule has 2 N–H and O–H groups in total. The van der Waals surface area contributed by atoms with Gasteiger partial charge in [0.15, 0.2) is 0 Å². The number of hydrogen-bond acceptors (Lipinski definition) is 4. The normalized spacial score (nSPS) is 10.6. The first kappa shape index (κ1) is 17.1. The van der Waals surface area contributed by atoms with Crippen LogP contribution in [0.3, 0.4) is 0 Å². The molecule has 0 saturated heterocycles. The number of hydrogen-bond donors (Lipinski definition) is 1. The van der Waals surface area contributed by atoms with Crippen LogP contribution in [0.5, 0.6) is 0 Å². The molecule has 2 rings (SSSR count). The Hall–Kier alpha value is -0.940. The van der Waals surface area contributed by atoms with E-state index in [4.69, 9.17) is 5.73 Å². The van der Waals surface area contributed by atoms with Crippen molar-refractivity contribution < 1.29 is 0 Å². The van der Waals surface area contributed by atoms with Crippen molar-refractivity contribution in [1.29, 1.82) is 0 Å². The minimum Gasteiger partial charge on any atom is -0.329 e. The summed E-state index contributed by atoms with van der Waals surface area (Å²) < 4.78 is 0. The van der Waals surface area contributed by atoms with Gasteiger partial charge in [0.25, 0.3) is 0 Å². The lowest BCUT2D eigenvalue weighted by molar-refractivity contribution is 0.278. The summed E-state index contributed by atoms with van der Waals surface area (Å²) in [4.78, 5) is 8.07. The molecule has 0 bridgehead atoms. The van der Waals surface area contributed by atoms with Crippen LogP contribution in [-0.4, -0.2) is 29.5 Å². The Morgan fingerprint density at radius 3 is 2.55 bits per heavy atom. The van der Waals surface area contributed by atoms with Crippen LogP contribution in [0.1, 0.15) is 16.1 Å². The van der Waals surface area contributed by atoms with Crippen LogP contribution in [0.2, 0.25) is 0 Å². The van der Waals surface area contributed by atoms with E-state index in [0.29, 0.717) is 6.54 Å². The summed E-state index contributed by atoms with van der Waals surface area (Å²) in [5, 5.41) is 0. The smallest absolute Gasteiger partial charge is 0.0798 e. The average Bonchev–Trinajstić information content (AvgIpc) is 2.83. The molecule has 0 unspecified atom stereocenters. The Bertz CT molecular complexity index is 487. The van der Waals surface area contributed by atoms with Crippen LogP contribution in [-0.2, 0) is 13.0 Å². The van der Waals surface area contributed by atoms with Gasteiger partial charge in [-0.15, -0.1) is 23.7 Å². The first-order valence-corrected chi connectivity index (χ1v) is 7.53. The monoisotopic (exact) mass is 311 g/mol. The second kappa shape index (κ2) is 9.08. The minimum atomic E-state index is 0. The van der Waals surface area contributed by atoms with E-state index >= 15 is 0 Å². The molecule has 0 aliphatic rings. The summed E-state index contributed by atoms with van der Waals surface area (Å²) in [5.74, 6) is 0. The molecule has 0 saturated carbocycles. The van der Waals surface area contributed by atoms with Crippen molar-refractivity contribution in [3.63, 3.8) is 0 Å². The van der Waals surface area contributed by atoms with Gasteiger partial charge in [-0.05, 0) is 18.9 Å². The van der Waals surface area contributed by atoms with Gasteiger partial charge < -0.3 is 5.73 Å². The average molecular weight is 312 g/mol. The van der Waals surface area contributed by atoms with Gasteiger partial charge in [0.05, 0.1) is 11.2 Å². The van der Waals surface area contributed by atoms with Crippen molar-refractivity contribution in [3.05, 3.63) is 52.0 Å². The van der Waals surface area contributed by atoms with Crippen LogP contribution >= 0.6 is 23.7 Å². The van der Waals surface area contributed by atoms with Gasteiger partial charge >= 0.3 is 0 Å². The zero-order chi connectivity index (χ0) is 13.5. The predicted molar refractivity (Wildman–Crippen MR) is 88.6 cm³/mol. The Balaban J connectivity index is 0.00000200. The number of nitrogens with two attached hydrogens (primary N) is 1. The van der Waals surface area contributed by atoms with Gasteiger partial charge in [0.2, 0.25) is 0 Å². The lowest BCUT2D eigenvalue weighted by Crippen LogP contribution is -2.31. The third-order valence-electron chi connectivity index (χ3n) is 3.22. The molecule has 1 aromatic heterocycles. The zero-order valence-corrected chi connectivity index (χ0v) is 13.4. The lowest BCUT2D eigenvalue weighted by atomic mass is 10.1. The fourth-order valence-corrected chi connectivity index (χ4v) is 2.88. The molecule has 2 aromatic rings. The molecule has 3 nitrogen and oxygen atoms in total. The number of halogens is 1. The highest BCUT2D eigenvalue weighted by molar-refractivity contribution is 7.09. The van der Waals surface area contributed by atoms with E-state index in [0.717, 1.165) is 31.7 Å². The molecule has 5 heteroatoms. The van der Waals surface area contributed by atoms with Crippen molar-refractivity contribution in [1.82, 2.24) is 9.88 Å². The molecule has 0 spiro atoms. The third-order valence-corrected chi connectivity index (χ3v) is 4.14. The molecule has 1 heterocycles. The fourth-order valence-electron chi connectivity index (χ4n) is 2.07. The Kier molecular flexibility index (Phi) is 7.77. The van der Waals surface area contributed by atoms with Gasteiger partial charge in [-0.2, -0.15) is 0 Å². The number of aromatic nitrogens is 1. The molecule has 1 aromatic carbocycles. The maximum absolute atomic E-state index is 5.71. The Morgan fingerprint density at radius 1 is 1.20 bits per heavy atom. The minimum absolute atomic E-state index is 0. The van der Waals surface area contributed by atoms with Gasteiger partial charge in [0.1, 0.15) is 0 Å². The maximum atomic E-state index is 5.71. The Morgan fingerprint density at radius 2 is 1.95 bits per heavy atom. The summed E-state index contributed by atoms with van der Waals surface area (Å²) in [6.07, 6.45) is 1.07. The molecule has 0 atom stereocenters. The van der Waals surface area contributed by atoms with Gasteiger partial charge in [-0.25, -0.2) is 4.98 Å². The molecule has 0 radical (unpaired) electrons. The largest absolute Gasteiger partial charge is 0.329 e. The number of aryl methyl sites for hydroxylation is 1. The summed E-state index contributed by atoms with van der Waals surface area (Å²) in [5.41, 5.74) is 10.2. The van der Waals surface area contributed by atoms with Gasteiger partial charge in [-0.1, -0.05) is 30.3 Å². The second-order valence-corrected chi connectivity index (χ2v) is 5.60. The quantitative estimate of drug-likeness (QED) is 0.855. The van der Waals surface area contributed by atoms with Crippen molar-refractivity contribution in [2.24, 2.45) is 5.73 Å². The number of thiazole rings is 1. The maximum Gasteiger partial charge on any atom is 0.0798 e. The number of benzene rings is 1. The van der Waals surface area contributed by atoms with E-state index in [9.17, 15) is 0 Å². The molecule has 0 aliphatic carbocycles. The van der Waals surface area contributed by atoms with E-state index in [2.05, 4.69) is 47.1 Å². The first-order chi connectivity index (χ1) is 9.29. The second-order valence-electron chi connectivity index (χ2n) is 4.66. The Labute approximate surface area is 131 Å². The standard InChI is InChI=1S/C15H21N3S.ClH/c1-13-15(19-12-17-13)11-18(10-8-16)9-7-14-5-3-2-4-6-14;/h2-6,12H,7-11,16H2,1H3;1H. The van der Waals surface area contributed by atoms with E-state index in [1.807, 2.05) is 5.51 Å². The third kappa shape index (κ3) is 5.21. The van der Waals surface area contributed by atoms with E-state index < -0.39 is 0 Å². The highest BCUT2D eigenvalue weighted by Crippen LogP contribution is 2.15. The molecule has 0 aliphatic heterocycles. The number of nitrogens with zero attached hydrogens (tertiary/aromatic N) is 2. The molecular formula is C15H22ClN3S. The predicted octanol–water partition coefficient (Wildman–Crippen LogP) is 2.88. The van der Waals surface area contributed by atoms with E-state index in [1.165, 1.54) is 10.4 Å². The van der Waals surface area contributed by atoms with E-state index in [-0.39, 0.29) is 12.4 Å². The highest BCUT2D eigenvalue weighted by Gasteiger charge is 2.09. The van der Waals surface area contributed by atoms with E-state index in [1.54, 1.807) is 11.3 Å². The SMILES string of the molecule is Cc1ncsc1CN(CCN)CCc1ccccc1.Cl. The van der Waals surface area contributed by atoms with Crippen molar-refractivity contribution >= 4 is 23.7 Å². The van der Waals surface area contributed by atoms with Gasteiger partial charge in [0, 0.05) is 31.1 Å². The summed E-state index contributed by atoms with van der Waals surface area (Å²) in [6, 6.07) is 10.6. The molecule has 110 valence electrons. The zero-order valence-electron chi connectivity index (χ0n) is 11.8. The summed E-state index contributed by atoms with van der Waals surface area (Å²) in [6.45, 7) is 5.71. The first-order valence-electron chi connectivity index (χ1n) is 6.65. The summed E-state index contributed by atoms with van der Waals surface area (Å²) in [7, 11) is 0. The molecule has 0 fully saturated rings. The van der Waals surface area contributed by atoms with Crippen molar-refractivity contribution in [3.8, 4) is 0 Å². The number of rotatable bonds is 7. The fraction of sp³-hybridized carbons (Fsp3) is 0.400. The molecule has 0 amide bonds. The van der Waals surface area contributed by atoms with Crippen molar-refractivity contribution in [2.75, 3.05) is 19.6 Å². The van der Waals surface area contributed by atoms with Gasteiger partial charge in [-0.3, -0.25) is 4.90 Å². The van der Waals surface area contributed by atoms with Crippen LogP contribution in [0.25, 0.3) is 0 Å². The molecular weight excluding hydrogens is 290 g/mol. The van der Waals surface area contributed by atoms with Crippen LogP contribution in [0.4, 0.5) is 0 Å². The highest BCUT2D eigenvalue weighted by atomic mass is 35.5. The molecule has 20 heavy (non-hydrogen) atoms. The van der Waals surface area contributed by atoms with Crippen LogP contribution < -0.4 is 5.73 Å². The van der Waals surface area contributed by atoms with Crippen molar-refractivity contribution in [2.45, 2.75) is 19.9 Å². The summed E-state index contributed by atoms with van der Waals surface area (Å²) >= 11 is 1.73. The van der Waals surface area contributed by atoms with Crippen LogP contribution in [0.15, 0.2) is 35.8 Å². The lowest BCUT2D eigenvalue weighted by Gasteiger charge is -2.21.